The summed E-state index contributed by atoms with van der Waals surface area (Å²) in [6.07, 6.45) is 0.843. The monoisotopic (exact) mass is 332 g/mol. The van der Waals surface area contributed by atoms with Crippen LogP contribution < -0.4 is 4.90 Å². The van der Waals surface area contributed by atoms with Gasteiger partial charge in [-0.1, -0.05) is 15.9 Å². The van der Waals surface area contributed by atoms with E-state index < -0.39 is 10.0 Å². The van der Waals surface area contributed by atoms with Crippen LogP contribution in [0.25, 0.3) is 0 Å². The summed E-state index contributed by atoms with van der Waals surface area (Å²) in [5.41, 5.74) is 0.759. The Hall–Kier alpha value is -0.540. The molecule has 0 spiro atoms. The molecule has 1 aliphatic rings. The quantitative estimate of drug-likeness (QED) is 0.793. The Morgan fingerprint density at radius 2 is 1.95 bits per heavy atom. The molecule has 1 fully saturated rings. The zero-order chi connectivity index (χ0) is 14.9. The van der Waals surface area contributed by atoms with Gasteiger partial charge in [0.1, 0.15) is 0 Å². The van der Waals surface area contributed by atoms with Crippen LogP contribution in [0.2, 0.25) is 0 Å². The van der Waals surface area contributed by atoms with E-state index in [9.17, 15) is 13.2 Å². The summed E-state index contributed by atoms with van der Waals surface area (Å²) in [5.74, 6) is 0.145. The molecule has 1 aromatic rings. The van der Waals surface area contributed by atoms with Gasteiger partial charge in [0.25, 0.3) is 0 Å². The van der Waals surface area contributed by atoms with E-state index in [0.29, 0.717) is 6.54 Å². The van der Waals surface area contributed by atoms with Gasteiger partial charge in [-0.3, -0.25) is 4.79 Å². The third-order valence-electron chi connectivity index (χ3n) is 3.46. The maximum atomic E-state index is 12.2. The topological polar surface area (TPSA) is 57.7 Å². The Morgan fingerprint density at radius 1 is 1.35 bits per heavy atom. The minimum Gasteiger partial charge on any atom is -0.312 e. The van der Waals surface area contributed by atoms with Gasteiger partial charge >= 0.3 is 0 Å². The molecular weight excluding hydrogens is 314 g/mol. The van der Waals surface area contributed by atoms with Crippen LogP contribution in [0.3, 0.4) is 0 Å². The van der Waals surface area contributed by atoms with Crippen LogP contribution in [0.4, 0.5) is 5.69 Å². The normalized spacial score (nSPS) is 20.5. The first-order valence-electron chi connectivity index (χ1n) is 6.24. The zero-order valence-electron chi connectivity index (χ0n) is 11.4. The van der Waals surface area contributed by atoms with Crippen molar-refractivity contribution in [3.8, 4) is 0 Å². The number of sulfonamides is 1. The molecule has 3 atom stereocenters. The van der Waals surface area contributed by atoms with Gasteiger partial charge in [0.15, 0.2) is 0 Å². The Bertz CT molecular complexity index is 604. The minimum absolute atomic E-state index is 0.0443. The molecule has 110 valence electrons. The predicted molar refractivity (Wildman–Crippen MR) is 85.5 cm³/mol. The summed E-state index contributed by atoms with van der Waals surface area (Å²) in [6, 6.07) is 6.51. The molecular formula is C12H18N2O3P2S. The van der Waals surface area contributed by atoms with Crippen molar-refractivity contribution in [2.24, 2.45) is 5.92 Å². The minimum atomic E-state index is -3.43. The fourth-order valence-corrected chi connectivity index (χ4v) is 5.02. The van der Waals surface area contributed by atoms with Crippen molar-refractivity contribution in [2.45, 2.75) is 18.2 Å². The van der Waals surface area contributed by atoms with Crippen LogP contribution in [0.1, 0.15) is 13.3 Å². The summed E-state index contributed by atoms with van der Waals surface area (Å²) in [5, 5.41) is 0. The molecule has 2 rings (SSSR count). The van der Waals surface area contributed by atoms with Gasteiger partial charge in [-0.25, -0.2) is 8.42 Å². The van der Waals surface area contributed by atoms with Crippen LogP contribution in [-0.2, 0) is 14.8 Å². The highest BCUT2D eigenvalue weighted by atomic mass is 32.2. The van der Waals surface area contributed by atoms with E-state index in [2.05, 4.69) is 8.93 Å². The average molecular weight is 332 g/mol. The first-order chi connectivity index (χ1) is 9.37. The number of amides is 1. The molecule has 8 heteroatoms. The molecule has 1 saturated heterocycles. The average Bonchev–Trinajstić information content (AvgIpc) is 2.78. The summed E-state index contributed by atoms with van der Waals surface area (Å²) in [4.78, 5) is 13.9. The van der Waals surface area contributed by atoms with Gasteiger partial charge in [0.2, 0.25) is 15.9 Å². The van der Waals surface area contributed by atoms with Crippen molar-refractivity contribution >= 4 is 39.0 Å². The number of anilines is 1. The lowest BCUT2D eigenvalue weighted by Gasteiger charge is -2.18. The second kappa shape index (κ2) is 6.07. The molecule has 20 heavy (non-hydrogen) atoms. The highest BCUT2D eigenvalue weighted by Crippen LogP contribution is 2.32. The Labute approximate surface area is 123 Å². The number of rotatable bonds is 4. The zero-order valence-corrected chi connectivity index (χ0v) is 14.4. The van der Waals surface area contributed by atoms with Crippen LogP contribution in [-0.4, -0.2) is 32.0 Å². The van der Waals surface area contributed by atoms with Crippen molar-refractivity contribution in [3.63, 3.8) is 0 Å². The number of benzene rings is 1. The highest BCUT2D eigenvalue weighted by Gasteiger charge is 2.29. The first kappa shape index (κ1) is 15.8. The second-order valence-corrected chi connectivity index (χ2v) is 8.77. The van der Waals surface area contributed by atoms with Crippen LogP contribution in [0.15, 0.2) is 29.2 Å². The fourth-order valence-electron chi connectivity index (χ4n) is 2.10. The fraction of sp³-hybridized carbons (Fsp3) is 0.417. The van der Waals surface area contributed by atoms with Crippen LogP contribution in [0, 0.1) is 5.92 Å². The van der Waals surface area contributed by atoms with Crippen molar-refractivity contribution in [1.82, 2.24) is 4.08 Å². The highest BCUT2D eigenvalue weighted by molar-refractivity contribution is 8.08. The Morgan fingerprint density at radius 3 is 2.40 bits per heavy atom. The molecule has 5 nitrogen and oxygen atoms in total. The molecule has 0 radical (unpaired) electrons. The molecule has 0 aromatic heterocycles. The van der Waals surface area contributed by atoms with Gasteiger partial charge in [-0.2, -0.15) is 4.08 Å². The third-order valence-corrected chi connectivity index (χ3v) is 8.18. The molecule has 3 unspecified atom stereocenters. The molecule has 1 aromatic carbocycles. The Balaban J connectivity index is 2.25. The number of hydrogen-bond donors (Lipinski definition) is 0. The molecule has 0 aliphatic carbocycles. The Kier molecular flexibility index (Phi) is 4.80. The van der Waals surface area contributed by atoms with Gasteiger partial charge in [0.05, 0.1) is 4.90 Å². The van der Waals surface area contributed by atoms with Gasteiger partial charge in [-0.15, -0.1) is 0 Å². The smallest absolute Gasteiger partial charge is 0.246 e. The predicted octanol–water partition coefficient (Wildman–Crippen LogP) is 2.06. The van der Waals surface area contributed by atoms with Gasteiger partial charge < -0.3 is 4.90 Å². The molecule has 0 bridgehead atoms. The summed E-state index contributed by atoms with van der Waals surface area (Å²) in [7, 11) is 0.621. The third kappa shape index (κ3) is 2.89. The summed E-state index contributed by atoms with van der Waals surface area (Å²) in [6.45, 7) is 2.61. The van der Waals surface area contributed by atoms with E-state index in [-0.39, 0.29) is 25.1 Å². The number of hydrogen-bond acceptors (Lipinski definition) is 3. The van der Waals surface area contributed by atoms with E-state index in [0.717, 1.165) is 12.1 Å². The number of carbonyl (C=O) groups excluding carboxylic acids is 1. The lowest BCUT2D eigenvalue weighted by Crippen LogP contribution is -2.26. The van der Waals surface area contributed by atoms with E-state index in [1.165, 1.54) is 4.08 Å². The number of nitrogens with zero attached hydrogens (tertiary/aromatic N) is 2. The molecule has 0 saturated carbocycles. The molecule has 1 amide bonds. The molecule has 0 N–H and O–H groups in total. The van der Waals surface area contributed by atoms with Crippen LogP contribution >= 0.6 is 17.3 Å². The lowest BCUT2D eigenvalue weighted by molar-refractivity contribution is -0.119. The van der Waals surface area contributed by atoms with E-state index in [4.69, 9.17) is 0 Å². The summed E-state index contributed by atoms with van der Waals surface area (Å²) >= 11 is 0. The van der Waals surface area contributed by atoms with Gasteiger partial charge in [-0.05, 0) is 39.1 Å². The molecule has 1 aliphatic heterocycles. The molecule has 1 heterocycles. The first-order valence-corrected chi connectivity index (χ1v) is 10.4. The SMILES string of the molecule is CC1CCN(c2ccc(S(=O)(=O)N(C)PP)cc2)C1=O. The maximum Gasteiger partial charge on any atom is 0.246 e. The van der Waals surface area contributed by atoms with E-state index in [1.54, 1.807) is 36.2 Å². The standard InChI is InChI=1S/C12H18N2O3P2S/c1-9-7-8-14(12(9)15)10-3-5-11(6-4-10)20(16,17)13(2)19-18/h3-6,9,19H,7-8,18H2,1-2H3. The largest absolute Gasteiger partial charge is 0.312 e. The van der Waals surface area contributed by atoms with E-state index in [1.807, 2.05) is 6.92 Å². The van der Waals surface area contributed by atoms with Crippen molar-refractivity contribution in [2.75, 3.05) is 18.5 Å². The van der Waals surface area contributed by atoms with Crippen LogP contribution in [0.5, 0.6) is 0 Å². The van der Waals surface area contributed by atoms with Crippen molar-refractivity contribution < 1.29 is 13.2 Å². The van der Waals surface area contributed by atoms with Crippen molar-refractivity contribution in [3.05, 3.63) is 24.3 Å². The lowest BCUT2D eigenvalue weighted by atomic mass is 10.1. The maximum absolute atomic E-state index is 12.2. The van der Waals surface area contributed by atoms with E-state index >= 15 is 0 Å². The summed E-state index contributed by atoms with van der Waals surface area (Å²) < 4.78 is 25.6. The van der Waals surface area contributed by atoms with Gasteiger partial charge in [0, 0.05) is 25.2 Å². The second-order valence-electron chi connectivity index (χ2n) is 4.78. The number of carbonyl (C=O) groups is 1. The van der Waals surface area contributed by atoms with Crippen molar-refractivity contribution in [1.29, 1.82) is 0 Å².